The van der Waals surface area contributed by atoms with E-state index in [0.29, 0.717) is 40.4 Å². The van der Waals surface area contributed by atoms with E-state index in [1.165, 1.54) is 20.3 Å². The maximum absolute atomic E-state index is 13.6. The van der Waals surface area contributed by atoms with Gasteiger partial charge in [-0.05, 0) is 54.7 Å². The topological polar surface area (TPSA) is 94.4 Å². The van der Waals surface area contributed by atoms with Crippen molar-refractivity contribution in [2.75, 3.05) is 27.4 Å². The standard InChI is InChI=1S/C27H28ClNO6/c1-15-24(27(32)35-11-10-33-2)25(17-6-9-21(30)23(14-17)34-3)26-20(29-15)12-18(13-22(26)31)16-4-7-19(28)8-5-16/h4-9,14,18,24-25,30H,10-13H2,1-3H3/t18-,24?,25-/m1/s1. The zero-order valence-electron chi connectivity index (χ0n) is 19.9. The third-order valence-electron chi connectivity index (χ3n) is 6.58. The number of aliphatic imine (C=N–C) groups is 1. The highest BCUT2D eigenvalue weighted by molar-refractivity contribution is 6.30. The molecule has 1 N–H and O–H groups in total. The molecule has 2 aromatic rings. The van der Waals surface area contributed by atoms with Gasteiger partial charge in [-0.3, -0.25) is 14.6 Å². The number of carbonyl (C=O) groups excluding carboxylic acids is 2. The molecule has 35 heavy (non-hydrogen) atoms. The molecule has 0 saturated heterocycles. The molecule has 1 heterocycles. The van der Waals surface area contributed by atoms with Gasteiger partial charge in [-0.15, -0.1) is 0 Å². The number of ketones is 1. The van der Waals surface area contributed by atoms with Crippen LogP contribution in [-0.4, -0.2) is 50.0 Å². The van der Waals surface area contributed by atoms with E-state index < -0.39 is 17.8 Å². The van der Waals surface area contributed by atoms with Crippen LogP contribution in [0.5, 0.6) is 11.5 Å². The molecule has 1 aliphatic heterocycles. The van der Waals surface area contributed by atoms with E-state index in [9.17, 15) is 14.7 Å². The van der Waals surface area contributed by atoms with Gasteiger partial charge in [-0.2, -0.15) is 0 Å². The van der Waals surface area contributed by atoms with Crippen LogP contribution in [0.15, 0.2) is 58.7 Å². The summed E-state index contributed by atoms with van der Waals surface area (Å²) in [6.45, 7) is 2.15. The minimum absolute atomic E-state index is 0.0244. The first kappa shape index (κ1) is 24.9. The molecule has 0 fully saturated rings. The zero-order valence-corrected chi connectivity index (χ0v) is 20.7. The van der Waals surface area contributed by atoms with E-state index in [0.717, 1.165) is 5.56 Å². The molecular formula is C27H28ClNO6. The van der Waals surface area contributed by atoms with E-state index in [1.54, 1.807) is 19.1 Å². The lowest BCUT2D eigenvalue weighted by molar-refractivity contribution is -0.147. The van der Waals surface area contributed by atoms with Gasteiger partial charge in [0.25, 0.3) is 0 Å². The second-order valence-corrected chi connectivity index (χ2v) is 9.18. The van der Waals surface area contributed by atoms with Crippen molar-refractivity contribution in [3.63, 3.8) is 0 Å². The smallest absolute Gasteiger partial charge is 0.315 e. The highest BCUT2D eigenvalue weighted by atomic mass is 35.5. The van der Waals surface area contributed by atoms with Crippen molar-refractivity contribution in [1.29, 1.82) is 0 Å². The Morgan fingerprint density at radius 3 is 2.49 bits per heavy atom. The number of Topliss-reactive ketones (excluding diaryl/α,β-unsaturated/α-hetero) is 1. The summed E-state index contributed by atoms with van der Waals surface area (Å²) < 4.78 is 15.8. The quantitative estimate of drug-likeness (QED) is 0.435. The Morgan fingerprint density at radius 2 is 1.80 bits per heavy atom. The number of allylic oxidation sites excluding steroid dienone is 2. The average molecular weight is 498 g/mol. The van der Waals surface area contributed by atoms with E-state index in [-0.39, 0.29) is 36.4 Å². The van der Waals surface area contributed by atoms with E-state index >= 15 is 0 Å². The Labute approximate surface area is 209 Å². The number of ether oxygens (including phenoxy) is 3. The molecule has 0 aromatic heterocycles. The van der Waals surface area contributed by atoms with Gasteiger partial charge in [0.15, 0.2) is 17.3 Å². The summed E-state index contributed by atoms with van der Waals surface area (Å²) >= 11 is 6.05. The first-order chi connectivity index (χ1) is 16.8. The van der Waals surface area contributed by atoms with Gasteiger partial charge in [-0.25, -0.2) is 0 Å². The zero-order chi connectivity index (χ0) is 25.1. The molecule has 0 radical (unpaired) electrons. The Morgan fingerprint density at radius 1 is 1.09 bits per heavy atom. The molecule has 0 spiro atoms. The van der Waals surface area contributed by atoms with Gasteiger partial charge in [0.05, 0.1) is 13.7 Å². The van der Waals surface area contributed by atoms with Crippen molar-refractivity contribution in [2.45, 2.75) is 31.6 Å². The second kappa shape index (κ2) is 10.6. The molecular weight excluding hydrogens is 470 g/mol. The van der Waals surface area contributed by atoms with Crippen LogP contribution in [-0.2, 0) is 19.1 Å². The summed E-state index contributed by atoms with van der Waals surface area (Å²) in [5.41, 5.74) is 3.46. The van der Waals surface area contributed by atoms with E-state index in [4.69, 9.17) is 30.8 Å². The Balaban J connectivity index is 1.77. The fraction of sp³-hybridized carbons (Fsp3) is 0.370. The van der Waals surface area contributed by atoms with Crippen LogP contribution in [0, 0.1) is 5.92 Å². The summed E-state index contributed by atoms with van der Waals surface area (Å²) in [6.07, 6.45) is 0.864. The monoisotopic (exact) mass is 497 g/mol. The third kappa shape index (κ3) is 5.11. The minimum Gasteiger partial charge on any atom is -0.504 e. The highest BCUT2D eigenvalue weighted by Gasteiger charge is 2.45. The molecule has 0 amide bonds. The first-order valence-corrected chi connectivity index (χ1v) is 11.8. The van der Waals surface area contributed by atoms with Crippen molar-refractivity contribution >= 4 is 29.1 Å². The van der Waals surface area contributed by atoms with Gasteiger partial charge in [0.2, 0.25) is 0 Å². The van der Waals surface area contributed by atoms with Crippen molar-refractivity contribution in [3.8, 4) is 11.5 Å². The average Bonchev–Trinajstić information content (AvgIpc) is 2.84. The SMILES string of the molecule is COCCOC(=O)C1C(C)=NC2=C(C(=O)C[C@H](c3ccc(Cl)cc3)C2)[C@@H]1c1ccc(O)c(OC)c1. The Kier molecular flexibility index (Phi) is 7.57. The third-order valence-corrected chi connectivity index (χ3v) is 6.83. The number of methoxy groups -OCH3 is 2. The summed E-state index contributed by atoms with van der Waals surface area (Å²) in [4.78, 5) is 31.6. The summed E-state index contributed by atoms with van der Waals surface area (Å²) in [5, 5.41) is 10.8. The number of carbonyl (C=O) groups is 2. The van der Waals surface area contributed by atoms with Crippen molar-refractivity contribution in [2.24, 2.45) is 10.9 Å². The highest BCUT2D eigenvalue weighted by Crippen LogP contribution is 2.48. The van der Waals surface area contributed by atoms with E-state index in [1.807, 2.05) is 24.3 Å². The number of benzene rings is 2. The largest absolute Gasteiger partial charge is 0.504 e. The lowest BCUT2D eigenvalue weighted by atomic mass is 9.69. The molecule has 0 bridgehead atoms. The number of phenolic OH excluding ortho intramolecular Hbond substituents is 1. The second-order valence-electron chi connectivity index (χ2n) is 8.74. The summed E-state index contributed by atoms with van der Waals surface area (Å²) in [5.74, 6) is -1.71. The van der Waals surface area contributed by atoms with Gasteiger partial charge < -0.3 is 19.3 Å². The predicted molar refractivity (Wildman–Crippen MR) is 132 cm³/mol. The fourth-order valence-electron chi connectivity index (χ4n) is 4.90. The number of phenols is 1. The normalized spacial score (nSPS) is 21.9. The number of hydrogen-bond acceptors (Lipinski definition) is 7. The molecule has 0 saturated carbocycles. The molecule has 1 aliphatic carbocycles. The molecule has 2 aliphatic rings. The van der Waals surface area contributed by atoms with Gasteiger partial charge in [-0.1, -0.05) is 29.8 Å². The molecule has 7 nitrogen and oxygen atoms in total. The maximum atomic E-state index is 13.6. The van der Waals surface area contributed by atoms with Crippen molar-refractivity contribution in [1.82, 2.24) is 0 Å². The number of aromatic hydroxyl groups is 1. The number of hydrogen-bond donors (Lipinski definition) is 1. The molecule has 4 rings (SSSR count). The number of nitrogens with zero attached hydrogens (tertiary/aromatic N) is 1. The molecule has 8 heteroatoms. The summed E-state index contributed by atoms with van der Waals surface area (Å²) in [6, 6.07) is 12.4. The molecule has 2 aromatic carbocycles. The van der Waals surface area contributed by atoms with Crippen LogP contribution >= 0.6 is 11.6 Å². The molecule has 3 atom stereocenters. The number of halogens is 1. The first-order valence-electron chi connectivity index (χ1n) is 11.4. The lowest BCUT2D eigenvalue weighted by Crippen LogP contribution is -2.38. The van der Waals surface area contributed by atoms with Crippen molar-refractivity contribution in [3.05, 3.63) is 69.9 Å². The molecule has 1 unspecified atom stereocenters. The number of esters is 1. The minimum atomic E-state index is -0.782. The summed E-state index contributed by atoms with van der Waals surface area (Å²) in [7, 11) is 2.98. The van der Waals surface area contributed by atoms with Crippen LogP contribution in [0.3, 0.4) is 0 Å². The number of rotatable bonds is 7. The van der Waals surface area contributed by atoms with Crippen LogP contribution in [0.25, 0.3) is 0 Å². The predicted octanol–water partition coefficient (Wildman–Crippen LogP) is 4.82. The fourth-order valence-corrected chi connectivity index (χ4v) is 5.02. The van der Waals surface area contributed by atoms with Crippen molar-refractivity contribution < 1.29 is 28.9 Å². The van der Waals surface area contributed by atoms with Crippen LogP contribution in [0.2, 0.25) is 5.02 Å². The molecule has 184 valence electrons. The van der Waals surface area contributed by atoms with Gasteiger partial charge >= 0.3 is 5.97 Å². The van der Waals surface area contributed by atoms with Crippen LogP contribution in [0.4, 0.5) is 0 Å². The van der Waals surface area contributed by atoms with Crippen LogP contribution in [0.1, 0.15) is 42.7 Å². The van der Waals surface area contributed by atoms with Crippen LogP contribution < -0.4 is 4.74 Å². The van der Waals surface area contributed by atoms with Gasteiger partial charge in [0.1, 0.15) is 12.5 Å². The lowest BCUT2D eigenvalue weighted by Gasteiger charge is -2.36. The van der Waals surface area contributed by atoms with Gasteiger partial charge in [0, 0.05) is 41.5 Å². The van der Waals surface area contributed by atoms with E-state index in [2.05, 4.69) is 0 Å². The Bertz CT molecular complexity index is 1190. The Hall–Kier alpha value is -3.16. The maximum Gasteiger partial charge on any atom is 0.315 e.